The van der Waals surface area contributed by atoms with Crippen molar-refractivity contribution in [3.63, 3.8) is 0 Å². The Kier molecular flexibility index (Phi) is 5.20. The topological polar surface area (TPSA) is 78.4 Å². The molecule has 0 heterocycles. The van der Waals surface area contributed by atoms with Crippen LogP contribution in [0.4, 0.5) is 4.79 Å². The Morgan fingerprint density at radius 3 is 2.38 bits per heavy atom. The van der Waals surface area contributed by atoms with Crippen LogP contribution in [0.3, 0.4) is 0 Å². The largest absolute Gasteiger partial charge is 0.481 e. The Bertz CT molecular complexity index is 486. The maximum Gasteiger partial charge on any atom is 0.314 e. The van der Waals surface area contributed by atoms with Gasteiger partial charge in [0.05, 0.1) is 5.92 Å². The lowest BCUT2D eigenvalue weighted by atomic mass is 9.99. The van der Waals surface area contributed by atoms with Crippen LogP contribution in [0.15, 0.2) is 30.3 Å². The van der Waals surface area contributed by atoms with Gasteiger partial charge in [-0.25, -0.2) is 4.79 Å². The molecule has 5 heteroatoms. The summed E-state index contributed by atoms with van der Waals surface area (Å²) in [6, 6.07) is 8.64. The van der Waals surface area contributed by atoms with E-state index in [1.165, 1.54) is 12.8 Å². The lowest BCUT2D eigenvalue weighted by Crippen LogP contribution is -2.41. The zero-order valence-corrected chi connectivity index (χ0v) is 12.2. The molecule has 2 amide bonds. The molecule has 2 unspecified atom stereocenters. The second-order valence-corrected chi connectivity index (χ2v) is 5.71. The third-order valence-corrected chi connectivity index (χ3v) is 3.98. The van der Waals surface area contributed by atoms with Crippen molar-refractivity contribution in [2.45, 2.75) is 25.7 Å². The van der Waals surface area contributed by atoms with E-state index in [9.17, 15) is 14.7 Å². The van der Waals surface area contributed by atoms with Crippen LogP contribution in [-0.2, 0) is 4.79 Å². The molecule has 2 rings (SSSR count). The first kappa shape index (κ1) is 15.4. The van der Waals surface area contributed by atoms with Gasteiger partial charge in [-0.05, 0) is 30.2 Å². The van der Waals surface area contributed by atoms with Gasteiger partial charge in [0.15, 0.2) is 0 Å². The number of carbonyl (C=O) groups excluding carboxylic acids is 1. The van der Waals surface area contributed by atoms with Crippen LogP contribution in [0.25, 0.3) is 0 Å². The number of carboxylic acid groups (broad SMARTS) is 1. The molecule has 3 N–H and O–H groups in total. The summed E-state index contributed by atoms with van der Waals surface area (Å²) in [6.45, 7) is 2.85. The molecule has 114 valence electrons. The van der Waals surface area contributed by atoms with Crippen molar-refractivity contribution in [2.75, 3.05) is 13.1 Å². The number of aliphatic carboxylic acids is 1. The molecule has 0 aromatic heterocycles. The number of hydrogen-bond donors (Lipinski definition) is 3. The minimum absolute atomic E-state index is 0.0863. The fourth-order valence-corrected chi connectivity index (χ4v) is 2.38. The van der Waals surface area contributed by atoms with Crippen LogP contribution in [0.2, 0.25) is 0 Å². The molecule has 0 spiro atoms. The van der Waals surface area contributed by atoms with Crippen molar-refractivity contribution in [3.8, 4) is 0 Å². The highest BCUT2D eigenvalue weighted by Crippen LogP contribution is 2.35. The molecule has 0 saturated heterocycles. The minimum Gasteiger partial charge on any atom is -0.481 e. The summed E-state index contributed by atoms with van der Waals surface area (Å²) >= 11 is 0. The number of amides is 2. The molecule has 1 aromatic carbocycles. The first-order valence-electron chi connectivity index (χ1n) is 7.37. The number of hydrogen-bond acceptors (Lipinski definition) is 2. The van der Waals surface area contributed by atoms with Gasteiger partial charge in [0.2, 0.25) is 0 Å². The van der Waals surface area contributed by atoms with Crippen molar-refractivity contribution in [2.24, 2.45) is 11.8 Å². The van der Waals surface area contributed by atoms with Gasteiger partial charge in [0.25, 0.3) is 0 Å². The van der Waals surface area contributed by atoms with Crippen LogP contribution in [-0.4, -0.2) is 30.2 Å². The summed E-state index contributed by atoms with van der Waals surface area (Å²) < 4.78 is 0. The summed E-state index contributed by atoms with van der Waals surface area (Å²) in [7, 11) is 0. The Labute approximate surface area is 124 Å². The van der Waals surface area contributed by atoms with Crippen molar-refractivity contribution in [1.82, 2.24) is 10.6 Å². The second-order valence-electron chi connectivity index (χ2n) is 5.71. The molecule has 1 aliphatic rings. The first-order chi connectivity index (χ1) is 10.1. The summed E-state index contributed by atoms with van der Waals surface area (Å²) in [4.78, 5) is 23.0. The van der Waals surface area contributed by atoms with Gasteiger partial charge in [0.1, 0.15) is 0 Å². The highest BCUT2D eigenvalue weighted by Gasteiger charge is 2.28. The average Bonchev–Trinajstić information content (AvgIpc) is 3.30. The minimum atomic E-state index is -0.937. The number of benzene rings is 1. The predicted molar refractivity (Wildman–Crippen MR) is 80.1 cm³/mol. The van der Waals surface area contributed by atoms with Crippen molar-refractivity contribution in [3.05, 3.63) is 35.9 Å². The van der Waals surface area contributed by atoms with Crippen molar-refractivity contribution < 1.29 is 14.7 Å². The number of nitrogens with one attached hydrogen (secondary N) is 2. The third-order valence-electron chi connectivity index (χ3n) is 3.98. The van der Waals surface area contributed by atoms with Crippen LogP contribution >= 0.6 is 0 Å². The lowest BCUT2D eigenvalue weighted by molar-refractivity contribution is -0.138. The molecule has 0 aliphatic heterocycles. The van der Waals surface area contributed by atoms with Gasteiger partial charge in [-0.1, -0.05) is 37.3 Å². The van der Waals surface area contributed by atoms with Crippen LogP contribution in [0.5, 0.6) is 0 Å². The smallest absolute Gasteiger partial charge is 0.314 e. The first-order valence-corrected chi connectivity index (χ1v) is 7.37. The lowest BCUT2D eigenvalue weighted by Gasteiger charge is -2.16. The zero-order chi connectivity index (χ0) is 15.2. The molecule has 1 aliphatic carbocycles. The zero-order valence-electron chi connectivity index (χ0n) is 12.2. The third kappa shape index (κ3) is 4.77. The predicted octanol–water partition coefficient (Wildman–Crippen LogP) is 2.20. The molecule has 1 aromatic rings. The van der Waals surface area contributed by atoms with Gasteiger partial charge in [-0.3, -0.25) is 4.79 Å². The second kappa shape index (κ2) is 7.11. The van der Waals surface area contributed by atoms with E-state index in [1.807, 2.05) is 6.07 Å². The quantitative estimate of drug-likeness (QED) is 0.720. The SMILES string of the molecule is CC(CNC(=O)NCC(C(=O)O)c1ccccc1)C1CC1. The number of rotatable bonds is 7. The normalized spacial score (nSPS) is 16.8. The van der Waals surface area contributed by atoms with E-state index < -0.39 is 11.9 Å². The molecule has 0 radical (unpaired) electrons. The molecule has 0 bridgehead atoms. The van der Waals surface area contributed by atoms with Gasteiger partial charge < -0.3 is 15.7 Å². The molecular formula is C16H22N2O3. The summed E-state index contributed by atoms with van der Waals surface area (Å²) in [5.74, 6) is -0.438. The van der Waals surface area contributed by atoms with Gasteiger partial charge in [0, 0.05) is 13.1 Å². The molecule has 1 saturated carbocycles. The Morgan fingerprint density at radius 1 is 1.19 bits per heavy atom. The standard InChI is InChI=1S/C16H22N2O3/c1-11(12-7-8-12)9-17-16(21)18-10-14(15(19)20)13-5-3-2-4-6-13/h2-6,11-12,14H,7-10H2,1H3,(H,19,20)(H2,17,18,21). The Morgan fingerprint density at radius 2 is 1.81 bits per heavy atom. The fourth-order valence-electron chi connectivity index (χ4n) is 2.38. The summed E-state index contributed by atoms with van der Waals surface area (Å²) in [5, 5.41) is 14.7. The molecular weight excluding hydrogens is 268 g/mol. The van der Waals surface area contributed by atoms with Crippen LogP contribution in [0, 0.1) is 11.8 Å². The van der Waals surface area contributed by atoms with Gasteiger partial charge in [-0.2, -0.15) is 0 Å². The van der Waals surface area contributed by atoms with Crippen molar-refractivity contribution in [1.29, 1.82) is 0 Å². The maximum atomic E-state index is 11.7. The van der Waals surface area contributed by atoms with Gasteiger partial charge in [-0.15, -0.1) is 0 Å². The van der Waals surface area contributed by atoms with E-state index in [0.29, 0.717) is 18.0 Å². The summed E-state index contributed by atoms with van der Waals surface area (Å²) in [6.07, 6.45) is 2.50. The van der Waals surface area contributed by atoms with E-state index in [4.69, 9.17) is 0 Å². The highest BCUT2D eigenvalue weighted by atomic mass is 16.4. The fraction of sp³-hybridized carbons (Fsp3) is 0.500. The van der Waals surface area contributed by atoms with Crippen molar-refractivity contribution >= 4 is 12.0 Å². The number of urea groups is 1. The van der Waals surface area contributed by atoms with E-state index in [-0.39, 0.29) is 12.6 Å². The molecule has 2 atom stereocenters. The molecule has 1 fully saturated rings. The average molecular weight is 290 g/mol. The Hall–Kier alpha value is -2.04. The monoisotopic (exact) mass is 290 g/mol. The Balaban J connectivity index is 1.78. The van der Waals surface area contributed by atoms with E-state index >= 15 is 0 Å². The van der Waals surface area contributed by atoms with E-state index in [0.717, 1.165) is 5.92 Å². The number of carboxylic acids is 1. The van der Waals surface area contributed by atoms with E-state index in [1.54, 1.807) is 24.3 Å². The molecule has 5 nitrogen and oxygen atoms in total. The highest BCUT2D eigenvalue weighted by molar-refractivity contribution is 5.79. The van der Waals surface area contributed by atoms with E-state index in [2.05, 4.69) is 17.6 Å². The van der Waals surface area contributed by atoms with Crippen LogP contribution < -0.4 is 10.6 Å². The van der Waals surface area contributed by atoms with Gasteiger partial charge >= 0.3 is 12.0 Å². The summed E-state index contributed by atoms with van der Waals surface area (Å²) in [5.41, 5.74) is 0.691. The maximum absolute atomic E-state index is 11.7. The molecule has 21 heavy (non-hydrogen) atoms. The number of carbonyl (C=O) groups is 2. The van der Waals surface area contributed by atoms with Crippen LogP contribution in [0.1, 0.15) is 31.2 Å².